The van der Waals surface area contributed by atoms with Crippen LogP contribution in [-0.4, -0.2) is 19.6 Å². The molecule has 0 amide bonds. The van der Waals surface area contributed by atoms with Gasteiger partial charge in [-0.3, -0.25) is 4.68 Å². The van der Waals surface area contributed by atoms with Crippen LogP contribution in [0.5, 0.6) is 0 Å². The number of anilines is 1. The number of hydrogen-bond donors (Lipinski definition) is 1. The maximum Gasteiger partial charge on any atom is 0.333 e. The summed E-state index contributed by atoms with van der Waals surface area (Å²) in [5.74, 6) is 1.41. The Morgan fingerprint density at radius 2 is 2.26 bits per heavy atom. The molecule has 2 heterocycles. The summed E-state index contributed by atoms with van der Waals surface area (Å²) in [5.41, 5.74) is 1.52. The molecule has 102 valence electrons. The number of nitrogens with zero attached hydrogens (tertiary/aromatic N) is 4. The first-order valence-electron chi connectivity index (χ1n) is 6.23. The fourth-order valence-corrected chi connectivity index (χ4v) is 2.07. The van der Waals surface area contributed by atoms with Gasteiger partial charge in [0.05, 0.1) is 17.9 Å². The fraction of sp³-hybridized carbons (Fsp3) is 0.500. The zero-order valence-electron chi connectivity index (χ0n) is 10.6. The van der Waals surface area contributed by atoms with E-state index < -0.39 is 6.55 Å². The molecule has 0 bridgehead atoms. The zero-order chi connectivity index (χ0) is 13.4. The summed E-state index contributed by atoms with van der Waals surface area (Å²) < 4.78 is 27.7. The predicted molar refractivity (Wildman–Crippen MR) is 66.0 cm³/mol. The van der Waals surface area contributed by atoms with E-state index in [1.165, 1.54) is 19.0 Å². The van der Waals surface area contributed by atoms with E-state index in [0.29, 0.717) is 22.8 Å². The molecule has 2 aromatic rings. The average molecular weight is 267 g/mol. The van der Waals surface area contributed by atoms with E-state index in [-0.39, 0.29) is 0 Å². The molecule has 0 atom stereocenters. The van der Waals surface area contributed by atoms with Gasteiger partial charge >= 0.3 is 6.55 Å². The van der Waals surface area contributed by atoms with Crippen LogP contribution in [0, 0.1) is 0 Å². The third-order valence-electron chi connectivity index (χ3n) is 3.28. The standard InChI is InChI=1S/C12H15F2N5/c1-18-11(6-10(17-18)8-2-3-8)15-7-9-4-5-16-19(9)12(13)14/h4-6,8,12,15H,2-3,7H2,1H3. The fourth-order valence-electron chi connectivity index (χ4n) is 2.07. The molecule has 1 saturated carbocycles. The molecule has 0 aromatic carbocycles. The smallest absolute Gasteiger partial charge is 0.333 e. The number of aryl methyl sites for hydroxylation is 1. The maximum absolute atomic E-state index is 12.6. The quantitative estimate of drug-likeness (QED) is 0.905. The normalized spacial score (nSPS) is 15.2. The minimum atomic E-state index is -2.61. The van der Waals surface area contributed by atoms with Gasteiger partial charge in [0.1, 0.15) is 5.82 Å². The second kappa shape index (κ2) is 4.64. The molecule has 1 aliphatic carbocycles. The lowest BCUT2D eigenvalue weighted by atomic mass is 10.3. The third-order valence-corrected chi connectivity index (χ3v) is 3.28. The minimum absolute atomic E-state index is 0.300. The molecule has 0 aliphatic heterocycles. The summed E-state index contributed by atoms with van der Waals surface area (Å²) >= 11 is 0. The average Bonchev–Trinajstić information content (AvgIpc) is 2.99. The second-order valence-corrected chi connectivity index (χ2v) is 4.75. The van der Waals surface area contributed by atoms with Crippen molar-refractivity contribution in [3.63, 3.8) is 0 Å². The van der Waals surface area contributed by atoms with E-state index in [1.54, 1.807) is 10.7 Å². The Labute approximate surface area is 109 Å². The molecule has 0 spiro atoms. The van der Waals surface area contributed by atoms with Crippen molar-refractivity contribution in [2.45, 2.75) is 31.9 Å². The van der Waals surface area contributed by atoms with Crippen molar-refractivity contribution >= 4 is 5.82 Å². The lowest BCUT2D eigenvalue weighted by molar-refractivity contribution is 0.0537. The topological polar surface area (TPSA) is 47.7 Å². The van der Waals surface area contributed by atoms with Gasteiger partial charge in [-0.1, -0.05) is 0 Å². The van der Waals surface area contributed by atoms with Gasteiger partial charge in [0, 0.05) is 25.2 Å². The Balaban J connectivity index is 1.70. The lowest BCUT2D eigenvalue weighted by Gasteiger charge is -2.08. The van der Waals surface area contributed by atoms with Crippen LogP contribution in [0.25, 0.3) is 0 Å². The number of nitrogens with one attached hydrogen (secondary N) is 1. The Morgan fingerprint density at radius 1 is 1.47 bits per heavy atom. The Morgan fingerprint density at radius 3 is 2.95 bits per heavy atom. The monoisotopic (exact) mass is 267 g/mol. The van der Waals surface area contributed by atoms with Gasteiger partial charge in [0.2, 0.25) is 0 Å². The van der Waals surface area contributed by atoms with Crippen LogP contribution in [0.2, 0.25) is 0 Å². The third kappa shape index (κ3) is 2.45. The highest BCUT2D eigenvalue weighted by Gasteiger charge is 2.26. The Hall–Kier alpha value is -1.92. The largest absolute Gasteiger partial charge is 0.365 e. The van der Waals surface area contributed by atoms with E-state index in [0.717, 1.165) is 11.5 Å². The van der Waals surface area contributed by atoms with Crippen molar-refractivity contribution in [1.82, 2.24) is 19.6 Å². The first kappa shape index (κ1) is 12.1. The molecule has 2 aromatic heterocycles. The van der Waals surface area contributed by atoms with Gasteiger partial charge in [0.15, 0.2) is 0 Å². The molecule has 7 heteroatoms. The van der Waals surface area contributed by atoms with E-state index in [9.17, 15) is 8.78 Å². The van der Waals surface area contributed by atoms with E-state index in [2.05, 4.69) is 15.5 Å². The van der Waals surface area contributed by atoms with Gasteiger partial charge in [-0.25, -0.2) is 4.68 Å². The van der Waals surface area contributed by atoms with Crippen molar-refractivity contribution < 1.29 is 8.78 Å². The SMILES string of the molecule is Cn1nc(C2CC2)cc1NCc1ccnn1C(F)F. The molecule has 5 nitrogen and oxygen atoms in total. The first-order chi connectivity index (χ1) is 9.15. The molecule has 3 rings (SSSR count). The zero-order valence-corrected chi connectivity index (χ0v) is 10.6. The molecule has 1 aliphatic rings. The van der Waals surface area contributed by atoms with Gasteiger partial charge in [0.25, 0.3) is 0 Å². The van der Waals surface area contributed by atoms with E-state index >= 15 is 0 Å². The number of alkyl halides is 2. The molecular weight excluding hydrogens is 252 g/mol. The summed E-state index contributed by atoms with van der Waals surface area (Å²) in [7, 11) is 1.85. The number of rotatable bonds is 5. The minimum Gasteiger partial charge on any atom is -0.365 e. The maximum atomic E-state index is 12.6. The molecule has 0 unspecified atom stereocenters. The van der Waals surface area contributed by atoms with Crippen molar-refractivity contribution in [2.24, 2.45) is 7.05 Å². The van der Waals surface area contributed by atoms with Crippen LogP contribution in [0.15, 0.2) is 18.3 Å². The first-order valence-corrected chi connectivity index (χ1v) is 6.23. The highest BCUT2D eigenvalue weighted by molar-refractivity contribution is 5.39. The number of halogens is 2. The van der Waals surface area contributed by atoms with Crippen molar-refractivity contribution in [3.05, 3.63) is 29.7 Å². The molecule has 0 saturated heterocycles. The van der Waals surface area contributed by atoms with Crippen molar-refractivity contribution in [3.8, 4) is 0 Å². The van der Waals surface area contributed by atoms with Crippen LogP contribution in [0.1, 0.15) is 36.7 Å². The highest BCUT2D eigenvalue weighted by atomic mass is 19.3. The molecule has 1 fully saturated rings. The Bertz CT molecular complexity index is 570. The lowest BCUT2D eigenvalue weighted by Crippen LogP contribution is -2.11. The summed E-state index contributed by atoms with van der Waals surface area (Å²) in [4.78, 5) is 0. The summed E-state index contributed by atoms with van der Waals surface area (Å²) in [6.07, 6.45) is 3.76. The van der Waals surface area contributed by atoms with Crippen molar-refractivity contribution in [1.29, 1.82) is 0 Å². The van der Waals surface area contributed by atoms with Crippen LogP contribution in [0.3, 0.4) is 0 Å². The summed E-state index contributed by atoms with van der Waals surface area (Å²) in [6.45, 7) is -2.31. The van der Waals surface area contributed by atoms with Gasteiger partial charge in [-0.15, -0.1) is 0 Å². The second-order valence-electron chi connectivity index (χ2n) is 4.75. The summed E-state index contributed by atoms with van der Waals surface area (Å²) in [6, 6.07) is 3.57. The summed E-state index contributed by atoms with van der Waals surface area (Å²) in [5, 5.41) is 11.1. The molecule has 1 N–H and O–H groups in total. The molecule has 19 heavy (non-hydrogen) atoms. The van der Waals surface area contributed by atoms with Crippen molar-refractivity contribution in [2.75, 3.05) is 5.32 Å². The van der Waals surface area contributed by atoms with Crippen LogP contribution < -0.4 is 5.32 Å². The highest BCUT2D eigenvalue weighted by Crippen LogP contribution is 2.39. The molecular formula is C12H15F2N5. The van der Waals surface area contributed by atoms with Crippen LogP contribution >= 0.6 is 0 Å². The van der Waals surface area contributed by atoms with E-state index in [4.69, 9.17) is 0 Å². The molecule has 0 radical (unpaired) electrons. The Kier molecular flexibility index (Phi) is 2.96. The van der Waals surface area contributed by atoms with Crippen LogP contribution in [-0.2, 0) is 13.6 Å². The van der Waals surface area contributed by atoms with Gasteiger partial charge < -0.3 is 5.32 Å². The van der Waals surface area contributed by atoms with Gasteiger partial charge in [-0.05, 0) is 18.9 Å². The predicted octanol–water partition coefficient (Wildman–Crippen LogP) is 2.50. The van der Waals surface area contributed by atoms with E-state index in [1.807, 2.05) is 13.1 Å². The number of hydrogen-bond acceptors (Lipinski definition) is 3. The van der Waals surface area contributed by atoms with Crippen LogP contribution in [0.4, 0.5) is 14.6 Å². The number of aromatic nitrogens is 4. The van der Waals surface area contributed by atoms with Gasteiger partial charge in [-0.2, -0.15) is 19.0 Å².